The summed E-state index contributed by atoms with van der Waals surface area (Å²) >= 11 is 0. The molecule has 0 unspecified atom stereocenters. The molecule has 5 heteroatoms. The quantitative estimate of drug-likeness (QED) is 0.805. The molecule has 1 aliphatic rings. The van der Waals surface area contributed by atoms with Crippen LogP contribution in [0.2, 0.25) is 0 Å². The molecule has 1 heterocycles. The van der Waals surface area contributed by atoms with Gasteiger partial charge in [-0.25, -0.2) is 4.68 Å². The first-order chi connectivity index (χ1) is 12.1. The first-order valence-corrected chi connectivity index (χ1v) is 9.19. The molecule has 0 atom stereocenters. The summed E-state index contributed by atoms with van der Waals surface area (Å²) in [5, 5.41) is 7.33. The first kappa shape index (κ1) is 17.5. The van der Waals surface area contributed by atoms with E-state index in [-0.39, 0.29) is 5.91 Å². The average molecular weight is 341 g/mol. The van der Waals surface area contributed by atoms with Crippen LogP contribution in [-0.2, 0) is 4.79 Å². The Balaban J connectivity index is 1.46. The van der Waals surface area contributed by atoms with Crippen LogP contribution in [-0.4, -0.2) is 22.3 Å². The van der Waals surface area contributed by atoms with Crippen LogP contribution in [0, 0.1) is 0 Å². The van der Waals surface area contributed by atoms with Crippen LogP contribution in [0.1, 0.15) is 63.5 Å². The van der Waals surface area contributed by atoms with Gasteiger partial charge in [-0.15, -0.1) is 0 Å². The Morgan fingerprint density at radius 2 is 1.96 bits per heavy atom. The monoisotopic (exact) mass is 341 g/mol. The molecule has 0 spiro atoms. The minimum absolute atomic E-state index is 0.0430. The molecule has 25 heavy (non-hydrogen) atoms. The molecular weight excluding hydrogens is 314 g/mol. The van der Waals surface area contributed by atoms with E-state index in [2.05, 4.69) is 36.4 Å². The second kappa shape index (κ2) is 8.19. The molecule has 0 bridgehead atoms. The lowest BCUT2D eigenvalue weighted by Gasteiger charge is -2.14. The zero-order chi connectivity index (χ0) is 17.6. The number of hydrogen-bond acceptors (Lipinski definition) is 3. The van der Waals surface area contributed by atoms with Crippen molar-refractivity contribution < 1.29 is 9.53 Å². The molecule has 1 aromatic heterocycles. The number of ether oxygens (including phenoxy) is 1. The maximum Gasteiger partial charge on any atom is 0.228 e. The Kier molecular flexibility index (Phi) is 5.74. The third-order valence-electron chi connectivity index (χ3n) is 4.75. The largest absolute Gasteiger partial charge is 0.493 e. The summed E-state index contributed by atoms with van der Waals surface area (Å²) in [6, 6.07) is 10.3. The number of hydrogen-bond donors (Lipinski definition) is 1. The van der Waals surface area contributed by atoms with Gasteiger partial charge in [0.25, 0.3) is 0 Å². The zero-order valence-electron chi connectivity index (χ0n) is 15.1. The third kappa shape index (κ3) is 4.62. The molecule has 5 nitrogen and oxygen atoms in total. The SMILES string of the molecule is CC(C)c1ccc(OCCC(=O)Nc2ccnn2C2CCCC2)cc1. The van der Waals surface area contributed by atoms with E-state index in [1.165, 1.54) is 18.4 Å². The van der Waals surface area contributed by atoms with Gasteiger partial charge in [-0.3, -0.25) is 4.79 Å². The first-order valence-electron chi connectivity index (χ1n) is 9.19. The molecule has 3 rings (SSSR count). The summed E-state index contributed by atoms with van der Waals surface area (Å²) in [5.74, 6) is 2.05. The van der Waals surface area contributed by atoms with Gasteiger partial charge in [-0.2, -0.15) is 5.10 Å². The number of benzene rings is 1. The van der Waals surface area contributed by atoms with Crippen molar-refractivity contribution in [1.29, 1.82) is 0 Å². The summed E-state index contributed by atoms with van der Waals surface area (Å²) < 4.78 is 7.63. The van der Waals surface area contributed by atoms with Crippen LogP contribution in [0.5, 0.6) is 5.75 Å². The highest BCUT2D eigenvalue weighted by Crippen LogP contribution is 2.31. The van der Waals surface area contributed by atoms with Crippen molar-refractivity contribution in [2.75, 3.05) is 11.9 Å². The van der Waals surface area contributed by atoms with Gasteiger partial charge in [0.05, 0.1) is 25.3 Å². The molecule has 1 aromatic carbocycles. The molecule has 0 radical (unpaired) electrons. The topological polar surface area (TPSA) is 56.1 Å². The Labute approximate surface area is 149 Å². The Morgan fingerprint density at radius 3 is 2.64 bits per heavy atom. The molecular formula is C20H27N3O2. The van der Waals surface area contributed by atoms with Gasteiger partial charge in [0, 0.05) is 6.07 Å². The average Bonchev–Trinajstić information content (AvgIpc) is 3.26. The maximum atomic E-state index is 12.2. The van der Waals surface area contributed by atoms with E-state index < -0.39 is 0 Å². The molecule has 1 N–H and O–H groups in total. The number of aromatic nitrogens is 2. The van der Waals surface area contributed by atoms with Gasteiger partial charge in [0.2, 0.25) is 5.91 Å². The Hall–Kier alpha value is -2.30. The van der Waals surface area contributed by atoms with Crippen LogP contribution >= 0.6 is 0 Å². The Bertz CT molecular complexity index is 685. The lowest BCUT2D eigenvalue weighted by atomic mass is 10.0. The van der Waals surface area contributed by atoms with Crippen LogP contribution in [0.4, 0.5) is 5.82 Å². The summed E-state index contributed by atoms with van der Waals surface area (Å²) in [5.41, 5.74) is 1.28. The minimum atomic E-state index is -0.0430. The van der Waals surface area contributed by atoms with E-state index in [1.807, 2.05) is 22.9 Å². The summed E-state index contributed by atoms with van der Waals surface area (Å²) in [7, 11) is 0. The van der Waals surface area contributed by atoms with Gasteiger partial charge in [0.1, 0.15) is 11.6 Å². The summed E-state index contributed by atoms with van der Waals surface area (Å²) in [6.07, 6.45) is 6.82. The van der Waals surface area contributed by atoms with Crippen molar-refractivity contribution in [3.8, 4) is 5.75 Å². The second-order valence-corrected chi connectivity index (χ2v) is 6.97. The van der Waals surface area contributed by atoms with Gasteiger partial charge >= 0.3 is 0 Å². The van der Waals surface area contributed by atoms with Gasteiger partial charge in [0.15, 0.2) is 0 Å². The lowest BCUT2D eigenvalue weighted by molar-refractivity contribution is -0.116. The van der Waals surface area contributed by atoms with E-state index >= 15 is 0 Å². The smallest absolute Gasteiger partial charge is 0.228 e. The maximum absolute atomic E-state index is 12.2. The molecule has 1 aliphatic carbocycles. The van der Waals surface area contributed by atoms with Gasteiger partial charge in [-0.05, 0) is 36.5 Å². The number of anilines is 1. The molecule has 134 valence electrons. The van der Waals surface area contributed by atoms with E-state index in [1.54, 1.807) is 6.20 Å². The van der Waals surface area contributed by atoms with Gasteiger partial charge in [-0.1, -0.05) is 38.8 Å². The minimum Gasteiger partial charge on any atom is -0.493 e. The predicted molar refractivity (Wildman–Crippen MR) is 99.0 cm³/mol. The van der Waals surface area contributed by atoms with Crippen molar-refractivity contribution in [3.63, 3.8) is 0 Å². The third-order valence-corrected chi connectivity index (χ3v) is 4.75. The molecule has 1 amide bonds. The van der Waals surface area contributed by atoms with Crippen molar-refractivity contribution in [3.05, 3.63) is 42.1 Å². The summed E-state index contributed by atoms with van der Waals surface area (Å²) in [4.78, 5) is 12.2. The van der Waals surface area contributed by atoms with Crippen LogP contribution in [0.15, 0.2) is 36.5 Å². The number of carbonyl (C=O) groups excluding carboxylic acids is 1. The van der Waals surface area contributed by atoms with Crippen molar-refractivity contribution >= 4 is 11.7 Å². The van der Waals surface area contributed by atoms with E-state index in [0.717, 1.165) is 24.4 Å². The van der Waals surface area contributed by atoms with Crippen LogP contribution in [0.25, 0.3) is 0 Å². The molecule has 0 aliphatic heterocycles. The lowest BCUT2D eigenvalue weighted by Crippen LogP contribution is -2.19. The standard InChI is InChI=1S/C20H27N3O2/c1-15(2)16-7-9-18(10-8-16)25-14-12-20(24)22-19-11-13-21-23(19)17-5-3-4-6-17/h7-11,13,15,17H,3-6,12,14H2,1-2H3,(H,22,24). The molecule has 1 saturated carbocycles. The van der Waals surface area contributed by atoms with E-state index in [4.69, 9.17) is 4.74 Å². The van der Waals surface area contributed by atoms with Crippen LogP contribution < -0.4 is 10.1 Å². The van der Waals surface area contributed by atoms with Crippen LogP contribution in [0.3, 0.4) is 0 Å². The number of nitrogens with one attached hydrogen (secondary N) is 1. The van der Waals surface area contributed by atoms with Crippen molar-refractivity contribution in [2.45, 2.75) is 57.9 Å². The highest BCUT2D eigenvalue weighted by Gasteiger charge is 2.20. The fraction of sp³-hybridized carbons (Fsp3) is 0.500. The van der Waals surface area contributed by atoms with E-state index in [0.29, 0.717) is 25.0 Å². The highest BCUT2D eigenvalue weighted by atomic mass is 16.5. The fourth-order valence-electron chi connectivity index (χ4n) is 3.27. The molecule has 1 fully saturated rings. The van der Waals surface area contributed by atoms with Crippen molar-refractivity contribution in [1.82, 2.24) is 9.78 Å². The predicted octanol–water partition coefficient (Wildman–Crippen LogP) is 4.53. The van der Waals surface area contributed by atoms with E-state index in [9.17, 15) is 4.79 Å². The molecule has 0 saturated heterocycles. The highest BCUT2D eigenvalue weighted by molar-refractivity contribution is 5.89. The summed E-state index contributed by atoms with van der Waals surface area (Å²) in [6.45, 7) is 4.69. The fourth-order valence-corrected chi connectivity index (χ4v) is 3.27. The second-order valence-electron chi connectivity index (χ2n) is 6.97. The molecule has 2 aromatic rings. The van der Waals surface area contributed by atoms with Gasteiger partial charge < -0.3 is 10.1 Å². The normalized spacial score (nSPS) is 14.8. The number of rotatable bonds is 7. The van der Waals surface area contributed by atoms with Crippen molar-refractivity contribution in [2.24, 2.45) is 0 Å². The zero-order valence-corrected chi connectivity index (χ0v) is 15.1. The number of amides is 1. The number of nitrogens with zero attached hydrogens (tertiary/aromatic N) is 2. The number of carbonyl (C=O) groups is 1. The Morgan fingerprint density at radius 1 is 1.24 bits per heavy atom.